The van der Waals surface area contributed by atoms with Crippen LogP contribution in [0, 0.1) is 0 Å². The van der Waals surface area contributed by atoms with Crippen LogP contribution in [-0.2, 0) is 11.3 Å². The molecular formula is C26H26Cl2N2O4S. The maximum Gasteiger partial charge on any atom is 0.262 e. The lowest BCUT2D eigenvalue weighted by atomic mass is 9.95. The van der Waals surface area contributed by atoms with Crippen molar-refractivity contribution < 1.29 is 19.4 Å². The highest BCUT2D eigenvalue weighted by atomic mass is 35.5. The second-order valence-corrected chi connectivity index (χ2v) is 10.8. The summed E-state index contributed by atoms with van der Waals surface area (Å²) in [5.74, 6) is 0.626. The van der Waals surface area contributed by atoms with Gasteiger partial charge in [0.15, 0.2) is 0 Å². The van der Waals surface area contributed by atoms with Gasteiger partial charge in [-0.05, 0) is 67.3 Å². The molecule has 9 heteroatoms. The highest BCUT2D eigenvalue weighted by Gasteiger charge is 2.42. The van der Waals surface area contributed by atoms with Crippen LogP contribution >= 0.6 is 34.5 Å². The fraction of sp³-hybridized carbons (Fsp3) is 0.308. The van der Waals surface area contributed by atoms with Crippen molar-refractivity contribution in [2.24, 2.45) is 0 Å². The summed E-state index contributed by atoms with van der Waals surface area (Å²) in [4.78, 5) is 26.3. The Morgan fingerprint density at radius 3 is 2.40 bits per heavy atom. The zero-order valence-electron chi connectivity index (χ0n) is 19.1. The van der Waals surface area contributed by atoms with E-state index >= 15 is 0 Å². The topological polar surface area (TPSA) is 87.7 Å². The fourth-order valence-electron chi connectivity index (χ4n) is 4.12. The predicted molar refractivity (Wildman–Crippen MR) is 138 cm³/mol. The molecule has 3 N–H and O–H groups in total. The fourth-order valence-corrected chi connectivity index (χ4v) is 5.28. The first-order valence-corrected chi connectivity index (χ1v) is 12.9. The molecule has 4 rings (SSSR count). The monoisotopic (exact) mass is 532 g/mol. The van der Waals surface area contributed by atoms with E-state index in [0.717, 1.165) is 18.4 Å². The quantitative estimate of drug-likeness (QED) is 0.319. The third-order valence-corrected chi connectivity index (χ3v) is 7.61. The second-order valence-electron chi connectivity index (χ2n) is 8.64. The SMILES string of the molecule is CC(O)c1ccc(Oc2ccc(CNC(=O)C3(NC(=O)c4ccc(Cl)s4)CCCC3)cc2)c(Cl)c1. The lowest BCUT2D eigenvalue weighted by Crippen LogP contribution is -2.56. The minimum absolute atomic E-state index is 0.184. The number of thiophene rings is 1. The van der Waals surface area contributed by atoms with Crippen molar-refractivity contribution in [2.75, 3.05) is 0 Å². The van der Waals surface area contributed by atoms with Gasteiger partial charge in [0.1, 0.15) is 17.0 Å². The third-order valence-electron chi connectivity index (χ3n) is 6.08. The second kappa shape index (κ2) is 11.0. The zero-order valence-corrected chi connectivity index (χ0v) is 21.5. The number of carbonyl (C=O) groups is 2. The van der Waals surface area contributed by atoms with E-state index in [2.05, 4.69) is 10.6 Å². The van der Waals surface area contributed by atoms with Crippen molar-refractivity contribution in [1.82, 2.24) is 10.6 Å². The molecule has 1 atom stereocenters. The Kier molecular flexibility index (Phi) is 8.02. The molecule has 0 spiro atoms. The first-order valence-electron chi connectivity index (χ1n) is 11.4. The summed E-state index contributed by atoms with van der Waals surface area (Å²) in [6, 6.07) is 15.8. The van der Waals surface area contributed by atoms with Crippen LogP contribution in [-0.4, -0.2) is 22.5 Å². The molecule has 0 aliphatic heterocycles. The molecular weight excluding hydrogens is 507 g/mol. The summed E-state index contributed by atoms with van der Waals surface area (Å²) in [5, 5.41) is 16.0. The predicted octanol–water partition coefficient (Wildman–Crippen LogP) is 6.26. The number of aliphatic hydroxyl groups is 1. The number of aliphatic hydroxyl groups excluding tert-OH is 1. The van der Waals surface area contributed by atoms with E-state index in [0.29, 0.717) is 50.7 Å². The maximum absolute atomic E-state index is 13.1. The minimum atomic E-state index is -0.911. The summed E-state index contributed by atoms with van der Waals surface area (Å²) in [5.41, 5.74) is 0.695. The summed E-state index contributed by atoms with van der Waals surface area (Å²) in [6.07, 6.45) is 2.36. The van der Waals surface area contributed by atoms with Crippen LogP contribution in [0.25, 0.3) is 0 Å². The van der Waals surface area contributed by atoms with Crippen LogP contribution in [0.4, 0.5) is 0 Å². The lowest BCUT2D eigenvalue weighted by molar-refractivity contribution is -0.127. The van der Waals surface area contributed by atoms with Gasteiger partial charge in [0, 0.05) is 6.54 Å². The maximum atomic E-state index is 13.1. The first-order chi connectivity index (χ1) is 16.8. The Labute approximate surface area is 218 Å². The number of amides is 2. The van der Waals surface area contributed by atoms with Crippen molar-refractivity contribution in [1.29, 1.82) is 0 Å². The van der Waals surface area contributed by atoms with E-state index in [4.69, 9.17) is 27.9 Å². The van der Waals surface area contributed by atoms with Gasteiger partial charge < -0.3 is 20.5 Å². The van der Waals surface area contributed by atoms with E-state index in [-0.39, 0.29) is 11.8 Å². The van der Waals surface area contributed by atoms with Gasteiger partial charge in [-0.25, -0.2) is 0 Å². The molecule has 3 aromatic rings. The van der Waals surface area contributed by atoms with Gasteiger partial charge >= 0.3 is 0 Å². The van der Waals surface area contributed by atoms with Gasteiger partial charge in [0.25, 0.3) is 5.91 Å². The summed E-state index contributed by atoms with van der Waals surface area (Å²) in [6.45, 7) is 2.00. The van der Waals surface area contributed by atoms with Crippen molar-refractivity contribution >= 4 is 46.4 Å². The van der Waals surface area contributed by atoms with Crippen molar-refractivity contribution in [3.8, 4) is 11.5 Å². The van der Waals surface area contributed by atoms with Gasteiger partial charge in [-0.3, -0.25) is 9.59 Å². The standard InChI is InChI=1S/C26H26Cl2N2O4S/c1-16(31)18-6-9-21(20(27)14-18)34-19-7-4-17(5-8-19)15-29-25(33)26(12-2-3-13-26)30-24(32)22-10-11-23(28)35-22/h4-11,14,16,31H,2-3,12-13,15H2,1H3,(H,29,33)(H,30,32). The molecule has 184 valence electrons. The first kappa shape index (κ1) is 25.5. The number of nitrogens with one attached hydrogen (secondary N) is 2. The van der Waals surface area contributed by atoms with Crippen LogP contribution < -0.4 is 15.4 Å². The number of hydrogen-bond acceptors (Lipinski definition) is 5. The van der Waals surface area contributed by atoms with Gasteiger partial charge in [-0.1, -0.05) is 54.2 Å². The molecule has 6 nitrogen and oxygen atoms in total. The van der Waals surface area contributed by atoms with Gasteiger partial charge in [-0.15, -0.1) is 11.3 Å². The highest BCUT2D eigenvalue weighted by Crippen LogP contribution is 2.33. The van der Waals surface area contributed by atoms with Gasteiger partial charge in [0.05, 0.1) is 20.3 Å². The van der Waals surface area contributed by atoms with Crippen LogP contribution in [0.1, 0.15) is 59.5 Å². The number of halogens is 2. The molecule has 0 radical (unpaired) electrons. The molecule has 2 aromatic carbocycles. The van der Waals surface area contributed by atoms with Crippen molar-refractivity contribution in [3.63, 3.8) is 0 Å². The van der Waals surface area contributed by atoms with E-state index in [1.165, 1.54) is 11.3 Å². The average Bonchev–Trinajstić information content (AvgIpc) is 3.49. The summed E-state index contributed by atoms with van der Waals surface area (Å²) < 4.78 is 6.39. The largest absolute Gasteiger partial charge is 0.456 e. The number of benzene rings is 2. The Hall–Kier alpha value is -2.58. The molecule has 1 heterocycles. The number of rotatable bonds is 8. The Morgan fingerprint density at radius 1 is 1.09 bits per heavy atom. The summed E-state index contributed by atoms with van der Waals surface area (Å²) >= 11 is 13.4. The smallest absolute Gasteiger partial charge is 0.262 e. The Morgan fingerprint density at radius 2 is 1.80 bits per heavy atom. The lowest BCUT2D eigenvalue weighted by Gasteiger charge is -2.29. The van der Waals surface area contributed by atoms with Crippen molar-refractivity contribution in [3.05, 3.63) is 80.0 Å². The van der Waals surface area contributed by atoms with E-state index in [1.54, 1.807) is 49.4 Å². The number of ether oxygens (including phenoxy) is 1. The third kappa shape index (κ3) is 6.16. The van der Waals surface area contributed by atoms with E-state index in [9.17, 15) is 14.7 Å². The van der Waals surface area contributed by atoms with Crippen molar-refractivity contribution in [2.45, 2.75) is 50.8 Å². The molecule has 1 aromatic heterocycles. The van der Waals surface area contributed by atoms with E-state index in [1.807, 2.05) is 12.1 Å². The van der Waals surface area contributed by atoms with Crippen LogP contribution in [0.5, 0.6) is 11.5 Å². The van der Waals surface area contributed by atoms with E-state index < -0.39 is 11.6 Å². The molecule has 2 amide bonds. The molecule has 1 aliphatic carbocycles. The normalized spacial score (nSPS) is 15.4. The molecule has 35 heavy (non-hydrogen) atoms. The molecule has 1 fully saturated rings. The van der Waals surface area contributed by atoms with Gasteiger partial charge in [0.2, 0.25) is 5.91 Å². The minimum Gasteiger partial charge on any atom is -0.456 e. The highest BCUT2D eigenvalue weighted by molar-refractivity contribution is 7.18. The Bertz CT molecular complexity index is 1200. The van der Waals surface area contributed by atoms with Gasteiger partial charge in [-0.2, -0.15) is 0 Å². The van der Waals surface area contributed by atoms with Crippen LogP contribution in [0.15, 0.2) is 54.6 Å². The Balaban J connectivity index is 1.36. The zero-order chi connectivity index (χ0) is 25.0. The van der Waals surface area contributed by atoms with Crippen LogP contribution in [0.2, 0.25) is 9.36 Å². The molecule has 1 unspecified atom stereocenters. The summed E-state index contributed by atoms with van der Waals surface area (Å²) in [7, 11) is 0. The molecule has 0 saturated heterocycles. The molecule has 1 saturated carbocycles. The van der Waals surface area contributed by atoms with Crippen LogP contribution in [0.3, 0.4) is 0 Å². The average molecular weight is 533 g/mol. The number of carbonyl (C=O) groups excluding carboxylic acids is 2. The number of hydrogen-bond donors (Lipinski definition) is 3. The molecule has 1 aliphatic rings. The molecule has 0 bridgehead atoms.